The Morgan fingerprint density at radius 2 is 1.71 bits per heavy atom. The van der Waals surface area contributed by atoms with Crippen molar-refractivity contribution < 1.29 is 18.5 Å². The molecular weight excluding hydrogens is 287 g/mol. The summed E-state index contributed by atoms with van der Waals surface area (Å²) in [6.07, 6.45) is 5.39. The monoisotopic (exact) mass is 314 g/mol. The van der Waals surface area contributed by atoms with Crippen LogP contribution in [-0.4, -0.2) is 11.5 Å². The molecule has 0 heterocycles. The molecule has 0 aliphatic heterocycles. The molecule has 0 bridgehead atoms. The molecule has 1 rings (SSSR count). The average molecular weight is 314 g/mol. The molecule has 1 aromatic carbocycles. The maximum absolute atomic E-state index is 11.7. The van der Waals surface area contributed by atoms with Crippen LogP contribution >= 0.6 is 7.82 Å². The molecule has 0 radical (unpaired) electrons. The molecular formula is C16H27O4P. The fraction of sp³-hybridized carbons (Fsp3) is 0.625. The third kappa shape index (κ3) is 9.81. The van der Waals surface area contributed by atoms with Crippen molar-refractivity contribution in [3.05, 3.63) is 35.9 Å². The second-order valence-electron chi connectivity index (χ2n) is 5.66. The quantitative estimate of drug-likeness (QED) is 0.465. The van der Waals surface area contributed by atoms with Gasteiger partial charge in [-0.1, -0.05) is 69.9 Å². The summed E-state index contributed by atoms with van der Waals surface area (Å²) in [4.78, 5) is 9.56. The van der Waals surface area contributed by atoms with Gasteiger partial charge in [0.1, 0.15) is 0 Å². The van der Waals surface area contributed by atoms with Crippen LogP contribution in [0.2, 0.25) is 0 Å². The first kappa shape index (κ1) is 18.4. The molecule has 0 aliphatic carbocycles. The van der Waals surface area contributed by atoms with Gasteiger partial charge in [0.15, 0.2) is 0 Å². The summed E-state index contributed by atoms with van der Waals surface area (Å²) in [6, 6.07) is 9.29. The second-order valence-corrected chi connectivity index (χ2v) is 7.11. The zero-order chi connectivity index (χ0) is 15.6. The van der Waals surface area contributed by atoms with E-state index in [1.807, 2.05) is 30.3 Å². The molecule has 0 spiro atoms. The highest BCUT2D eigenvalue weighted by Crippen LogP contribution is 2.44. The van der Waals surface area contributed by atoms with Crippen molar-refractivity contribution >= 4 is 7.82 Å². The molecule has 1 unspecified atom stereocenters. The third-order valence-electron chi connectivity index (χ3n) is 3.17. The van der Waals surface area contributed by atoms with E-state index in [1.54, 1.807) is 0 Å². The van der Waals surface area contributed by atoms with Crippen molar-refractivity contribution in [2.75, 3.05) is 6.61 Å². The summed E-state index contributed by atoms with van der Waals surface area (Å²) in [5.41, 5.74) is 0.851. The third-order valence-corrected chi connectivity index (χ3v) is 4.13. The first-order chi connectivity index (χ1) is 9.99. The molecule has 0 fully saturated rings. The highest BCUT2D eigenvalue weighted by molar-refractivity contribution is 7.47. The van der Waals surface area contributed by atoms with Crippen molar-refractivity contribution in [3.63, 3.8) is 0 Å². The van der Waals surface area contributed by atoms with Gasteiger partial charge < -0.3 is 4.89 Å². The van der Waals surface area contributed by atoms with Gasteiger partial charge in [0.25, 0.3) is 0 Å². The maximum atomic E-state index is 11.7. The van der Waals surface area contributed by atoms with Crippen LogP contribution in [0.3, 0.4) is 0 Å². The molecule has 1 aromatic rings. The second kappa shape index (κ2) is 10.1. The molecule has 0 saturated carbocycles. The Balaban J connectivity index is 2.08. The number of hydrogen-bond donors (Lipinski definition) is 1. The van der Waals surface area contributed by atoms with Crippen molar-refractivity contribution in [2.24, 2.45) is 5.92 Å². The van der Waals surface area contributed by atoms with Gasteiger partial charge in [-0.3, -0.25) is 9.05 Å². The van der Waals surface area contributed by atoms with Crippen LogP contribution < -0.4 is 0 Å². The summed E-state index contributed by atoms with van der Waals surface area (Å²) >= 11 is 0. The zero-order valence-electron chi connectivity index (χ0n) is 13.0. The number of rotatable bonds is 11. The minimum Gasteiger partial charge on any atom is -0.302 e. The predicted molar refractivity (Wildman–Crippen MR) is 84.9 cm³/mol. The Labute approximate surface area is 128 Å². The van der Waals surface area contributed by atoms with Gasteiger partial charge in [-0.05, 0) is 17.9 Å². The first-order valence-electron chi connectivity index (χ1n) is 7.65. The largest absolute Gasteiger partial charge is 0.472 e. The van der Waals surface area contributed by atoms with E-state index in [2.05, 4.69) is 13.8 Å². The zero-order valence-corrected chi connectivity index (χ0v) is 13.9. The van der Waals surface area contributed by atoms with Crippen molar-refractivity contribution in [3.8, 4) is 0 Å². The lowest BCUT2D eigenvalue weighted by Gasteiger charge is -2.12. The van der Waals surface area contributed by atoms with Gasteiger partial charge >= 0.3 is 7.82 Å². The molecule has 0 amide bonds. The van der Waals surface area contributed by atoms with Gasteiger partial charge in [0.05, 0.1) is 13.2 Å². The summed E-state index contributed by atoms with van der Waals surface area (Å²) in [7, 11) is -3.93. The average Bonchev–Trinajstić information content (AvgIpc) is 2.45. The molecule has 1 atom stereocenters. The van der Waals surface area contributed by atoms with Crippen LogP contribution in [0, 0.1) is 5.92 Å². The van der Waals surface area contributed by atoms with E-state index < -0.39 is 7.82 Å². The predicted octanol–water partition coefficient (Wildman–Crippen LogP) is 4.93. The molecule has 21 heavy (non-hydrogen) atoms. The van der Waals surface area contributed by atoms with Gasteiger partial charge in [-0.15, -0.1) is 0 Å². The van der Waals surface area contributed by atoms with Crippen molar-refractivity contribution in [1.29, 1.82) is 0 Å². The van der Waals surface area contributed by atoms with Crippen LogP contribution in [0.4, 0.5) is 0 Å². The molecule has 120 valence electrons. The lowest BCUT2D eigenvalue weighted by molar-refractivity contribution is 0.141. The Morgan fingerprint density at radius 1 is 1.05 bits per heavy atom. The van der Waals surface area contributed by atoms with E-state index in [9.17, 15) is 9.46 Å². The summed E-state index contributed by atoms with van der Waals surface area (Å²) in [5, 5.41) is 0. The standard InChI is InChI=1S/C16H27O4P/c1-15(2)10-6-3-4-9-13-19-21(17,18)20-14-16-11-7-5-8-12-16/h5,7-8,11-12,15H,3-4,6,9-10,13-14H2,1-2H3,(H,17,18). The SMILES string of the molecule is CC(C)CCCCCCOP(=O)(O)OCc1ccccc1. The number of hydrogen-bond acceptors (Lipinski definition) is 3. The van der Waals surface area contributed by atoms with Crippen molar-refractivity contribution in [2.45, 2.75) is 52.6 Å². The number of unbranched alkanes of at least 4 members (excludes halogenated alkanes) is 3. The van der Waals surface area contributed by atoms with E-state index >= 15 is 0 Å². The maximum Gasteiger partial charge on any atom is 0.472 e. The minimum absolute atomic E-state index is 0.0863. The van der Waals surface area contributed by atoms with Gasteiger partial charge in [0, 0.05) is 0 Å². The Bertz CT molecular complexity index is 420. The normalized spacial score (nSPS) is 14.3. The number of phosphoric ester groups is 1. The molecule has 0 saturated heterocycles. The lowest BCUT2D eigenvalue weighted by atomic mass is 10.0. The van der Waals surface area contributed by atoms with Crippen LogP contribution in [0.25, 0.3) is 0 Å². The van der Waals surface area contributed by atoms with Gasteiger partial charge in [-0.25, -0.2) is 4.57 Å². The summed E-state index contributed by atoms with van der Waals surface area (Å²) in [6.45, 7) is 4.79. The van der Waals surface area contributed by atoms with E-state index in [0.29, 0.717) is 0 Å². The molecule has 5 heteroatoms. The molecule has 0 aromatic heterocycles. The molecule has 0 aliphatic rings. The van der Waals surface area contributed by atoms with Crippen LogP contribution in [0.1, 0.15) is 51.5 Å². The van der Waals surface area contributed by atoms with E-state index in [1.165, 1.54) is 12.8 Å². The summed E-state index contributed by atoms with van der Waals surface area (Å²) in [5.74, 6) is 0.741. The minimum atomic E-state index is -3.93. The molecule has 4 nitrogen and oxygen atoms in total. The Kier molecular flexibility index (Phi) is 8.86. The van der Waals surface area contributed by atoms with Crippen LogP contribution in [-0.2, 0) is 20.2 Å². The fourth-order valence-electron chi connectivity index (χ4n) is 1.96. The summed E-state index contributed by atoms with van der Waals surface area (Å²) < 4.78 is 21.6. The Morgan fingerprint density at radius 3 is 2.38 bits per heavy atom. The van der Waals surface area contributed by atoms with Crippen molar-refractivity contribution in [1.82, 2.24) is 0 Å². The Hall–Kier alpha value is -0.670. The first-order valence-corrected chi connectivity index (χ1v) is 9.15. The highest BCUT2D eigenvalue weighted by atomic mass is 31.2. The number of benzene rings is 1. The van der Waals surface area contributed by atoms with E-state index in [4.69, 9.17) is 9.05 Å². The smallest absolute Gasteiger partial charge is 0.302 e. The van der Waals surface area contributed by atoms with E-state index in [0.717, 1.165) is 30.7 Å². The van der Waals surface area contributed by atoms with E-state index in [-0.39, 0.29) is 13.2 Å². The highest BCUT2D eigenvalue weighted by Gasteiger charge is 2.20. The fourth-order valence-corrected chi connectivity index (χ4v) is 2.70. The van der Waals surface area contributed by atoms with Gasteiger partial charge in [0.2, 0.25) is 0 Å². The lowest BCUT2D eigenvalue weighted by Crippen LogP contribution is -1.98. The topological polar surface area (TPSA) is 55.8 Å². The van der Waals surface area contributed by atoms with Crippen LogP contribution in [0.5, 0.6) is 0 Å². The van der Waals surface area contributed by atoms with Gasteiger partial charge in [-0.2, -0.15) is 0 Å². The molecule has 1 N–H and O–H groups in total. The van der Waals surface area contributed by atoms with Crippen LogP contribution in [0.15, 0.2) is 30.3 Å². The number of phosphoric acid groups is 1.